The van der Waals surface area contributed by atoms with Crippen LogP contribution in [0, 0.1) is 29.0 Å². The first-order chi connectivity index (χ1) is 13.9. The van der Waals surface area contributed by atoms with Crippen molar-refractivity contribution in [2.75, 3.05) is 11.9 Å². The summed E-state index contributed by atoms with van der Waals surface area (Å²) in [4.78, 5) is 24.9. The Labute approximate surface area is 175 Å². The van der Waals surface area contributed by atoms with Gasteiger partial charge in [0.1, 0.15) is 5.82 Å². The van der Waals surface area contributed by atoms with Gasteiger partial charge in [-0.05, 0) is 80.6 Å². The van der Waals surface area contributed by atoms with Gasteiger partial charge in [-0.2, -0.15) is 0 Å². The van der Waals surface area contributed by atoms with Crippen LogP contribution in [-0.2, 0) is 9.59 Å². The molecule has 0 unspecified atom stereocenters. The second-order valence-corrected chi connectivity index (χ2v) is 9.22. The first kappa shape index (κ1) is 20.1. The van der Waals surface area contributed by atoms with Gasteiger partial charge in [0.05, 0.1) is 5.69 Å². The molecule has 156 valence electrons. The van der Waals surface area contributed by atoms with E-state index >= 15 is 0 Å². The Morgan fingerprint density at radius 3 is 2.28 bits per heavy atom. The van der Waals surface area contributed by atoms with E-state index in [1.54, 1.807) is 18.2 Å². The number of carbonyl (C=O) groups excluding carboxylic acids is 2. The maximum atomic E-state index is 13.6. The zero-order valence-electron chi connectivity index (χ0n) is 16.3. The molecule has 0 spiro atoms. The van der Waals surface area contributed by atoms with E-state index in [9.17, 15) is 14.0 Å². The molecule has 8 heteroatoms. The number of anilines is 1. The fraction of sp³-hybridized carbons (Fsp3) is 0.571. The van der Waals surface area contributed by atoms with Gasteiger partial charge in [-0.1, -0.05) is 12.1 Å². The van der Waals surface area contributed by atoms with Gasteiger partial charge in [0.25, 0.3) is 0 Å². The third-order valence-corrected chi connectivity index (χ3v) is 6.80. The van der Waals surface area contributed by atoms with E-state index in [0.717, 1.165) is 19.3 Å². The molecule has 4 saturated carbocycles. The second kappa shape index (κ2) is 8.26. The standard InChI is InChI=1S/C21H27FN4O2S/c22-16-3-1-2-4-17(16)24-20(29)26-25-18(27)5-6-23-19(28)21-10-13-7-14(11-21)9-15(8-13)12-21/h1-4,13-15H,5-12H2,(H,23,28)(H,25,27)(H2,24,26,29). The summed E-state index contributed by atoms with van der Waals surface area (Å²) in [5, 5.41) is 5.74. The number of hydrogen-bond donors (Lipinski definition) is 4. The molecule has 0 saturated heterocycles. The molecule has 0 atom stereocenters. The smallest absolute Gasteiger partial charge is 0.240 e. The van der Waals surface area contributed by atoms with Gasteiger partial charge in [-0.3, -0.25) is 20.4 Å². The maximum Gasteiger partial charge on any atom is 0.240 e. The molecule has 4 bridgehead atoms. The summed E-state index contributed by atoms with van der Waals surface area (Å²) in [6, 6.07) is 6.12. The van der Waals surface area contributed by atoms with Gasteiger partial charge in [0.15, 0.2) is 5.11 Å². The van der Waals surface area contributed by atoms with Crippen LogP contribution < -0.4 is 21.5 Å². The van der Waals surface area contributed by atoms with Gasteiger partial charge >= 0.3 is 0 Å². The highest BCUT2D eigenvalue weighted by Gasteiger charge is 2.54. The van der Waals surface area contributed by atoms with E-state index in [1.807, 2.05) is 0 Å². The Hall–Kier alpha value is -2.22. The Morgan fingerprint density at radius 2 is 1.66 bits per heavy atom. The number of halogens is 1. The monoisotopic (exact) mass is 418 g/mol. The van der Waals surface area contributed by atoms with Crippen molar-refractivity contribution in [3.05, 3.63) is 30.1 Å². The number of carbonyl (C=O) groups is 2. The molecule has 1 aromatic rings. The van der Waals surface area contributed by atoms with Crippen molar-refractivity contribution in [2.24, 2.45) is 23.2 Å². The largest absolute Gasteiger partial charge is 0.355 e. The lowest BCUT2D eigenvalue weighted by molar-refractivity contribution is -0.146. The fourth-order valence-corrected chi connectivity index (χ4v) is 5.93. The Kier molecular flexibility index (Phi) is 5.72. The Bertz CT molecular complexity index is 780. The lowest BCUT2D eigenvalue weighted by atomic mass is 9.49. The predicted octanol–water partition coefficient (Wildman–Crippen LogP) is 2.87. The molecular weight excluding hydrogens is 391 g/mol. The second-order valence-electron chi connectivity index (χ2n) is 8.81. The maximum absolute atomic E-state index is 13.6. The highest BCUT2D eigenvalue weighted by molar-refractivity contribution is 7.80. The van der Waals surface area contributed by atoms with Crippen LogP contribution in [0.1, 0.15) is 44.9 Å². The molecular formula is C21H27FN4O2S. The van der Waals surface area contributed by atoms with Gasteiger partial charge in [0, 0.05) is 18.4 Å². The van der Waals surface area contributed by atoms with E-state index in [0.29, 0.717) is 24.3 Å². The minimum absolute atomic E-state index is 0.0843. The lowest BCUT2D eigenvalue weighted by Crippen LogP contribution is -2.54. The molecule has 1 aromatic carbocycles. The molecule has 4 aliphatic rings. The first-order valence-corrected chi connectivity index (χ1v) is 10.7. The number of hydrazine groups is 1. The van der Waals surface area contributed by atoms with Crippen LogP contribution in [0.4, 0.5) is 10.1 Å². The molecule has 5 rings (SSSR count). The van der Waals surface area contributed by atoms with Crippen molar-refractivity contribution in [1.82, 2.24) is 16.2 Å². The zero-order valence-corrected chi connectivity index (χ0v) is 17.1. The molecule has 2 amide bonds. The number of nitrogens with one attached hydrogen (secondary N) is 4. The molecule has 0 heterocycles. The average molecular weight is 419 g/mol. The van der Waals surface area contributed by atoms with Crippen molar-refractivity contribution < 1.29 is 14.0 Å². The van der Waals surface area contributed by atoms with Crippen LogP contribution in [0.5, 0.6) is 0 Å². The molecule has 0 aromatic heterocycles. The number of hydrogen-bond acceptors (Lipinski definition) is 3. The SMILES string of the molecule is O=C(CCNC(=O)C12CC3CC(CC(C3)C1)C2)NNC(=S)Nc1ccccc1F. The van der Waals surface area contributed by atoms with Crippen LogP contribution in [-0.4, -0.2) is 23.5 Å². The molecule has 4 N–H and O–H groups in total. The molecule has 6 nitrogen and oxygen atoms in total. The minimum Gasteiger partial charge on any atom is -0.355 e. The number of amides is 2. The number of rotatable bonds is 5. The van der Waals surface area contributed by atoms with Crippen LogP contribution >= 0.6 is 12.2 Å². The molecule has 0 aliphatic heterocycles. The van der Waals surface area contributed by atoms with Crippen molar-refractivity contribution >= 4 is 34.8 Å². The Morgan fingerprint density at radius 1 is 1.03 bits per heavy atom. The highest BCUT2D eigenvalue weighted by Crippen LogP contribution is 2.60. The summed E-state index contributed by atoms with van der Waals surface area (Å²) in [6.07, 6.45) is 7.05. The number of benzene rings is 1. The third kappa shape index (κ3) is 4.52. The first-order valence-electron chi connectivity index (χ1n) is 10.3. The molecule has 4 aliphatic carbocycles. The van der Waals surface area contributed by atoms with Crippen LogP contribution in [0.15, 0.2) is 24.3 Å². The average Bonchev–Trinajstić information content (AvgIpc) is 2.67. The Balaban J connectivity index is 1.17. The predicted molar refractivity (Wildman–Crippen MR) is 112 cm³/mol. The molecule has 29 heavy (non-hydrogen) atoms. The van der Waals surface area contributed by atoms with Crippen LogP contribution in [0.3, 0.4) is 0 Å². The number of para-hydroxylation sites is 1. The van der Waals surface area contributed by atoms with E-state index in [4.69, 9.17) is 12.2 Å². The summed E-state index contributed by atoms with van der Waals surface area (Å²) in [5.74, 6) is 1.52. The van der Waals surface area contributed by atoms with Gasteiger partial charge in [-0.15, -0.1) is 0 Å². The minimum atomic E-state index is -0.435. The summed E-state index contributed by atoms with van der Waals surface area (Å²) in [7, 11) is 0. The van der Waals surface area contributed by atoms with Crippen molar-refractivity contribution in [3.8, 4) is 0 Å². The van der Waals surface area contributed by atoms with Gasteiger partial charge in [0.2, 0.25) is 11.8 Å². The van der Waals surface area contributed by atoms with E-state index in [1.165, 1.54) is 25.3 Å². The molecule has 4 fully saturated rings. The normalized spacial score (nSPS) is 29.2. The van der Waals surface area contributed by atoms with E-state index in [2.05, 4.69) is 21.5 Å². The molecule has 0 radical (unpaired) electrons. The topological polar surface area (TPSA) is 82.3 Å². The van der Waals surface area contributed by atoms with E-state index < -0.39 is 5.82 Å². The van der Waals surface area contributed by atoms with Gasteiger partial charge in [-0.25, -0.2) is 4.39 Å². The number of thiocarbonyl (C=S) groups is 1. The fourth-order valence-electron chi connectivity index (χ4n) is 5.77. The lowest BCUT2D eigenvalue weighted by Gasteiger charge is -2.55. The van der Waals surface area contributed by atoms with Crippen molar-refractivity contribution in [2.45, 2.75) is 44.9 Å². The van der Waals surface area contributed by atoms with Crippen LogP contribution in [0.25, 0.3) is 0 Å². The summed E-state index contributed by atoms with van der Waals surface area (Å²) in [5.41, 5.74) is 5.04. The van der Waals surface area contributed by atoms with Crippen molar-refractivity contribution in [1.29, 1.82) is 0 Å². The zero-order chi connectivity index (χ0) is 20.4. The third-order valence-electron chi connectivity index (χ3n) is 6.60. The summed E-state index contributed by atoms with van der Waals surface area (Å²) >= 11 is 5.04. The van der Waals surface area contributed by atoms with Crippen LogP contribution in [0.2, 0.25) is 0 Å². The van der Waals surface area contributed by atoms with E-state index in [-0.39, 0.29) is 34.4 Å². The highest BCUT2D eigenvalue weighted by atomic mass is 32.1. The summed E-state index contributed by atoms with van der Waals surface area (Å²) < 4.78 is 13.6. The van der Waals surface area contributed by atoms with Gasteiger partial charge < -0.3 is 10.6 Å². The van der Waals surface area contributed by atoms with Crippen molar-refractivity contribution in [3.63, 3.8) is 0 Å². The quantitative estimate of drug-likeness (QED) is 0.437. The summed E-state index contributed by atoms with van der Waals surface area (Å²) in [6.45, 7) is 0.293.